The number of aliphatic hydroxyl groups is 1. The molecule has 0 amide bonds. The average Bonchev–Trinajstić information content (AvgIpc) is 2.35. The molecule has 0 aliphatic rings. The zero-order chi connectivity index (χ0) is 16.2. The Morgan fingerprint density at radius 3 is 2.38 bits per heavy atom. The van der Waals surface area contributed by atoms with Gasteiger partial charge < -0.3 is 15.3 Å². The second-order valence-electron chi connectivity index (χ2n) is 6.75. The number of nitrogens with one attached hydrogen (secondary N) is 1. The van der Waals surface area contributed by atoms with Crippen molar-refractivity contribution in [3.8, 4) is 0 Å². The van der Waals surface area contributed by atoms with E-state index in [0.717, 1.165) is 36.0 Å². The van der Waals surface area contributed by atoms with Crippen LogP contribution in [0, 0.1) is 6.92 Å². The second-order valence-corrected chi connectivity index (χ2v) is 6.75. The summed E-state index contributed by atoms with van der Waals surface area (Å²) in [5, 5.41) is 13.0. The minimum absolute atomic E-state index is 0.114. The Morgan fingerprint density at radius 1 is 1.29 bits per heavy atom. The Kier molecular flexibility index (Phi) is 5.96. The maximum Gasteiger partial charge on any atom is 0.138 e. The number of nitrogens with zero attached hydrogens (tertiary/aromatic N) is 3. The molecule has 120 valence electrons. The van der Waals surface area contributed by atoms with Crippen molar-refractivity contribution in [2.24, 2.45) is 0 Å². The molecular weight excluding hydrogens is 264 g/mol. The smallest absolute Gasteiger partial charge is 0.138 e. The van der Waals surface area contributed by atoms with E-state index < -0.39 is 6.10 Å². The van der Waals surface area contributed by atoms with Crippen LogP contribution in [-0.2, 0) is 5.41 Å². The maximum atomic E-state index is 9.61. The summed E-state index contributed by atoms with van der Waals surface area (Å²) in [4.78, 5) is 11.4. The van der Waals surface area contributed by atoms with E-state index in [-0.39, 0.29) is 5.41 Å². The third-order valence-corrected chi connectivity index (χ3v) is 3.23. The van der Waals surface area contributed by atoms with Crippen LogP contribution in [0.3, 0.4) is 0 Å². The lowest BCUT2D eigenvalue weighted by atomic mass is 9.95. The standard InChI is InChI=1S/C16H30N4O/c1-8-9-17-13-12(3)14(20(7)10-11(2)21)19-15(18-13)16(4,5)6/h11,21H,8-10H2,1-7H3,(H,17,18,19). The van der Waals surface area contributed by atoms with Crippen molar-refractivity contribution < 1.29 is 5.11 Å². The van der Waals surface area contributed by atoms with Gasteiger partial charge in [0.25, 0.3) is 0 Å². The first-order valence-corrected chi connectivity index (χ1v) is 7.69. The molecular formula is C16H30N4O. The molecule has 1 atom stereocenters. The molecule has 5 heteroatoms. The quantitative estimate of drug-likeness (QED) is 0.844. The van der Waals surface area contributed by atoms with Crippen molar-refractivity contribution in [1.29, 1.82) is 0 Å². The van der Waals surface area contributed by atoms with Gasteiger partial charge in [-0.25, -0.2) is 9.97 Å². The summed E-state index contributed by atoms with van der Waals surface area (Å²) < 4.78 is 0. The molecule has 0 aromatic carbocycles. The predicted molar refractivity (Wildman–Crippen MR) is 89.2 cm³/mol. The normalized spacial score (nSPS) is 13.1. The number of likely N-dealkylation sites (N-methyl/N-ethyl adjacent to an activating group) is 1. The summed E-state index contributed by atoms with van der Waals surface area (Å²) in [5.41, 5.74) is 0.913. The fraction of sp³-hybridized carbons (Fsp3) is 0.750. The maximum absolute atomic E-state index is 9.61. The van der Waals surface area contributed by atoms with Crippen LogP contribution in [0.2, 0.25) is 0 Å². The molecule has 0 saturated carbocycles. The van der Waals surface area contributed by atoms with E-state index in [1.54, 1.807) is 6.92 Å². The first kappa shape index (κ1) is 17.7. The van der Waals surface area contributed by atoms with Gasteiger partial charge in [0.05, 0.1) is 6.10 Å². The van der Waals surface area contributed by atoms with Crippen molar-refractivity contribution in [3.05, 3.63) is 11.4 Å². The molecule has 0 fully saturated rings. The Labute approximate surface area is 128 Å². The van der Waals surface area contributed by atoms with Gasteiger partial charge >= 0.3 is 0 Å². The summed E-state index contributed by atoms with van der Waals surface area (Å²) in [6.45, 7) is 13.7. The Bertz CT molecular complexity index is 466. The van der Waals surface area contributed by atoms with E-state index in [4.69, 9.17) is 9.97 Å². The first-order chi connectivity index (χ1) is 9.66. The zero-order valence-corrected chi connectivity index (χ0v) is 14.5. The molecule has 1 aromatic heterocycles. The van der Waals surface area contributed by atoms with Crippen molar-refractivity contribution in [2.75, 3.05) is 30.4 Å². The van der Waals surface area contributed by atoms with E-state index >= 15 is 0 Å². The Hall–Kier alpha value is -1.36. The van der Waals surface area contributed by atoms with Crippen molar-refractivity contribution in [3.63, 3.8) is 0 Å². The van der Waals surface area contributed by atoms with E-state index in [1.165, 1.54) is 0 Å². The van der Waals surface area contributed by atoms with Gasteiger partial charge in [0.1, 0.15) is 17.5 Å². The molecule has 0 radical (unpaired) electrons. The summed E-state index contributed by atoms with van der Waals surface area (Å²) in [5.74, 6) is 2.60. The van der Waals surface area contributed by atoms with Crippen LogP contribution in [0.1, 0.15) is 52.4 Å². The van der Waals surface area contributed by atoms with Gasteiger partial charge in [-0.2, -0.15) is 0 Å². The number of aromatic nitrogens is 2. The van der Waals surface area contributed by atoms with Crippen LogP contribution in [-0.4, -0.2) is 41.3 Å². The highest BCUT2D eigenvalue weighted by Gasteiger charge is 2.22. The third-order valence-electron chi connectivity index (χ3n) is 3.23. The van der Waals surface area contributed by atoms with Crippen LogP contribution in [0.4, 0.5) is 11.6 Å². The number of rotatable bonds is 6. The molecule has 1 heterocycles. The highest BCUT2D eigenvalue weighted by molar-refractivity contribution is 5.58. The fourth-order valence-electron chi connectivity index (χ4n) is 2.11. The average molecular weight is 294 g/mol. The van der Waals surface area contributed by atoms with Crippen LogP contribution in [0.5, 0.6) is 0 Å². The van der Waals surface area contributed by atoms with E-state index in [2.05, 4.69) is 33.0 Å². The molecule has 0 aliphatic carbocycles. The number of anilines is 2. The lowest BCUT2D eigenvalue weighted by Crippen LogP contribution is -2.30. The molecule has 0 spiro atoms. The Balaban J connectivity index is 3.27. The van der Waals surface area contributed by atoms with Crippen molar-refractivity contribution in [2.45, 2.75) is 59.5 Å². The molecule has 0 aliphatic heterocycles. The predicted octanol–water partition coefficient (Wildman–Crippen LogP) is 2.72. The van der Waals surface area contributed by atoms with Gasteiger partial charge in [0, 0.05) is 31.1 Å². The third kappa shape index (κ3) is 4.84. The van der Waals surface area contributed by atoms with Crippen LogP contribution >= 0.6 is 0 Å². The minimum atomic E-state index is -0.394. The molecule has 5 nitrogen and oxygen atoms in total. The lowest BCUT2D eigenvalue weighted by Gasteiger charge is -2.26. The molecule has 1 aromatic rings. The van der Waals surface area contributed by atoms with Gasteiger partial charge in [0.15, 0.2) is 0 Å². The first-order valence-electron chi connectivity index (χ1n) is 7.69. The fourth-order valence-corrected chi connectivity index (χ4v) is 2.11. The van der Waals surface area contributed by atoms with E-state index in [0.29, 0.717) is 6.54 Å². The van der Waals surface area contributed by atoms with Crippen LogP contribution in [0.15, 0.2) is 0 Å². The summed E-state index contributed by atoms with van der Waals surface area (Å²) in [7, 11) is 1.96. The molecule has 21 heavy (non-hydrogen) atoms. The molecule has 1 unspecified atom stereocenters. The number of hydrogen-bond acceptors (Lipinski definition) is 5. The number of aliphatic hydroxyl groups excluding tert-OH is 1. The second kappa shape index (κ2) is 7.07. The largest absolute Gasteiger partial charge is 0.392 e. The highest BCUT2D eigenvalue weighted by Crippen LogP contribution is 2.28. The van der Waals surface area contributed by atoms with Crippen LogP contribution in [0.25, 0.3) is 0 Å². The molecule has 2 N–H and O–H groups in total. The van der Waals surface area contributed by atoms with Crippen molar-refractivity contribution in [1.82, 2.24) is 9.97 Å². The van der Waals surface area contributed by atoms with Gasteiger partial charge in [-0.05, 0) is 20.3 Å². The van der Waals surface area contributed by atoms with Crippen LogP contribution < -0.4 is 10.2 Å². The van der Waals surface area contributed by atoms with Gasteiger partial charge in [-0.15, -0.1) is 0 Å². The van der Waals surface area contributed by atoms with Gasteiger partial charge in [-0.3, -0.25) is 0 Å². The lowest BCUT2D eigenvalue weighted by molar-refractivity contribution is 0.201. The minimum Gasteiger partial charge on any atom is -0.392 e. The van der Waals surface area contributed by atoms with Gasteiger partial charge in [-0.1, -0.05) is 27.7 Å². The molecule has 1 rings (SSSR count). The number of hydrogen-bond donors (Lipinski definition) is 2. The van der Waals surface area contributed by atoms with Gasteiger partial charge in [0.2, 0.25) is 0 Å². The van der Waals surface area contributed by atoms with E-state index in [9.17, 15) is 5.11 Å². The summed E-state index contributed by atoms with van der Waals surface area (Å²) in [6, 6.07) is 0. The highest BCUT2D eigenvalue weighted by atomic mass is 16.3. The SMILES string of the molecule is CCCNc1nc(C(C)(C)C)nc(N(C)CC(C)O)c1C. The van der Waals surface area contributed by atoms with Crippen molar-refractivity contribution >= 4 is 11.6 Å². The Morgan fingerprint density at radius 2 is 1.90 bits per heavy atom. The topological polar surface area (TPSA) is 61.3 Å². The monoisotopic (exact) mass is 294 g/mol. The molecule has 0 bridgehead atoms. The van der Waals surface area contributed by atoms with E-state index in [1.807, 2.05) is 18.9 Å². The summed E-state index contributed by atoms with van der Waals surface area (Å²) in [6.07, 6.45) is 0.655. The molecule has 0 saturated heterocycles. The summed E-state index contributed by atoms with van der Waals surface area (Å²) >= 11 is 0. The zero-order valence-electron chi connectivity index (χ0n) is 14.5.